The molecule has 1 atom stereocenters. The number of nitrogens with one attached hydrogen (secondary N) is 1. The molecule has 0 fully saturated rings. The highest BCUT2D eigenvalue weighted by Gasteiger charge is 2.12. The topological polar surface area (TPSA) is 38.3 Å². The summed E-state index contributed by atoms with van der Waals surface area (Å²) >= 11 is 1.77. The molecule has 0 radical (unpaired) electrons. The van der Waals surface area contributed by atoms with Crippen LogP contribution >= 0.6 is 11.8 Å². The van der Waals surface area contributed by atoms with Gasteiger partial charge >= 0.3 is 5.97 Å². The fourth-order valence-corrected chi connectivity index (χ4v) is 1.73. The van der Waals surface area contributed by atoms with E-state index in [1.165, 1.54) is 19.2 Å². The maximum Gasteiger partial charge on any atom is 0.340 e. The van der Waals surface area contributed by atoms with Crippen molar-refractivity contribution >= 4 is 17.7 Å². The van der Waals surface area contributed by atoms with E-state index in [4.69, 9.17) is 0 Å². The first kappa shape index (κ1) is 15.0. The lowest BCUT2D eigenvalue weighted by Crippen LogP contribution is -2.22. The number of benzene rings is 1. The van der Waals surface area contributed by atoms with Crippen LogP contribution in [0, 0.1) is 5.82 Å². The summed E-state index contributed by atoms with van der Waals surface area (Å²) in [6.45, 7) is 3.57. The van der Waals surface area contributed by atoms with Gasteiger partial charge in [0.2, 0.25) is 0 Å². The number of methoxy groups -OCH3 is 1. The number of thioether (sulfide) groups is 1. The van der Waals surface area contributed by atoms with Crippen LogP contribution in [0.2, 0.25) is 0 Å². The summed E-state index contributed by atoms with van der Waals surface area (Å²) in [5.74, 6) is -1.19. The van der Waals surface area contributed by atoms with E-state index in [1.807, 2.05) is 0 Å². The van der Waals surface area contributed by atoms with Crippen molar-refractivity contribution in [3.63, 3.8) is 0 Å². The van der Waals surface area contributed by atoms with Crippen molar-refractivity contribution < 1.29 is 13.9 Å². The van der Waals surface area contributed by atoms with Gasteiger partial charge in [0.25, 0.3) is 0 Å². The molecule has 0 spiro atoms. The SMILES string of the molecule is COC(=O)c1ccc(CNCC(C)SC)cc1F. The van der Waals surface area contributed by atoms with E-state index >= 15 is 0 Å². The highest BCUT2D eigenvalue weighted by Crippen LogP contribution is 2.12. The lowest BCUT2D eigenvalue weighted by atomic mass is 10.1. The van der Waals surface area contributed by atoms with Gasteiger partial charge in [-0.15, -0.1) is 0 Å². The van der Waals surface area contributed by atoms with Crippen LogP contribution < -0.4 is 5.32 Å². The van der Waals surface area contributed by atoms with E-state index in [1.54, 1.807) is 17.8 Å². The molecule has 0 aromatic heterocycles. The van der Waals surface area contributed by atoms with Crippen LogP contribution in [0.4, 0.5) is 4.39 Å². The molecule has 5 heteroatoms. The maximum atomic E-state index is 13.6. The molecule has 18 heavy (non-hydrogen) atoms. The van der Waals surface area contributed by atoms with Gasteiger partial charge < -0.3 is 10.1 Å². The highest BCUT2D eigenvalue weighted by atomic mass is 32.2. The maximum absolute atomic E-state index is 13.6. The first-order valence-corrected chi connectivity index (χ1v) is 6.97. The summed E-state index contributed by atoms with van der Waals surface area (Å²) < 4.78 is 18.1. The Labute approximate surface area is 111 Å². The molecule has 0 heterocycles. The Balaban J connectivity index is 2.59. The van der Waals surface area contributed by atoms with Crippen molar-refractivity contribution in [3.05, 3.63) is 35.1 Å². The first-order valence-electron chi connectivity index (χ1n) is 5.68. The Morgan fingerprint density at radius 1 is 1.56 bits per heavy atom. The van der Waals surface area contributed by atoms with Crippen molar-refractivity contribution in [2.75, 3.05) is 19.9 Å². The first-order chi connectivity index (χ1) is 8.58. The smallest absolute Gasteiger partial charge is 0.340 e. The second kappa shape index (κ2) is 7.38. The Morgan fingerprint density at radius 2 is 2.28 bits per heavy atom. The monoisotopic (exact) mass is 271 g/mol. The molecule has 1 aromatic carbocycles. The van der Waals surface area contributed by atoms with Crippen molar-refractivity contribution in [2.45, 2.75) is 18.7 Å². The molecule has 0 saturated heterocycles. The van der Waals surface area contributed by atoms with Gasteiger partial charge in [0.15, 0.2) is 0 Å². The second-order valence-corrected chi connectivity index (χ2v) is 5.26. The van der Waals surface area contributed by atoms with Crippen LogP contribution in [0.15, 0.2) is 18.2 Å². The molecule has 1 aromatic rings. The lowest BCUT2D eigenvalue weighted by Gasteiger charge is -2.10. The van der Waals surface area contributed by atoms with Crippen LogP contribution in [-0.4, -0.2) is 31.1 Å². The van der Waals surface area contributed by atoms with Gasteiger partial charge in [-0.25, -0.2) is 9.18 Å². The van der Waals surface area contributed by atoms with E-state index in [-0.39, 0.29) is 5.56 Å². The molecule has 0 aliphatic rings. The van der Waals surface area contributed by atoms with Gasteiger partial charge in [-0.05, 0) is 24.0 Å². The Morgan fingerprint density at radius 3 is 2.83 bits per heavy atom. The zero-order chi connectivity index (χ0) is 13.5. The predicted molar refractivity (Wildman–Crippen MR) is 72.4 cm³/mol. The van der Waals surface area contributed by atoms with Gasteiger partial charge in [0.05, 0.1) is 12.7 Å². The summed E-state index contributed by atoms with van der Waals surface area (Å²) in [7, 11) is 1.24. The number of halogens is 1. The fourth-order valence-electron chi connectivity index (χ4n) is 1.45. The van der Waals surface area contributed by atoms with Crippen molar-refractivity contribution in [1.29, 1.82) is 0 Å². The molecule has 0 bridgehead atoms. The third-order valence-corrected chi connectivity index (χ3v) is 3.57. The fraction of sp³-hybridized carbons (Fsp3) is 0.462. The van der Waals surface area contributed by atoms with Crippen molar-refractivity contribution in [2.24, 2.45) is 0 Å². The van der Waals surface area contributed by atoms with Gasteiger partial charge in [0, 0.05) is 18.3 Å². The molecule has 1 unspecified atom stereocenters. The molecular formula is C13H18FNO2S. The van der Waals surface area contributed by atoms with E-state index in [0.717, 1.165) is 12.1 Å². The molecular weight excluding hydrogens is 253 g/mol. The summed E-state index contributed by atoms with van der Waals surface area (Å²) in [5.41, 5.74) is 0.784. The molecule has 0 aliphatic carbocycles. The highest BCUT2D eigenvalue weighted by molar-refractivity contribution is 7.99. The van der Waals surface area contributed by atoms with E-state index in [2.05, 4.69) is 23.2 Å². The predicted octanol–water partition coefficient (Wildman–Crippen LogP) is 2.45. The summed E-state index contributed by atoms with van der Waals surface area (Å²) in [5, 5.41) is 3.76. The third kappa shape index (κ3) is 4.31. The Hall–Kier alpha value is -1.07. The number of hydrogen-bond donors (Lipinski definition) is 1. The van der Waals surface area contributed by atoms with Crippen LogP contribution in [0.25, 0.3) is 0 Å². The zero-order valence-corrected chi connectivity index (χ0v) is 11.6. The van der Waals surface area contributed by atoms with Crippen LogP contribution in [0.5, 0.6) is 0 Å². The normalized spacial score (nSPS) is 12.2. The lowest BCUT2D eigenvalue weighted by molar-refractivity contribution is 0.0595. The molecule has 3 nitrogen and oxygen atoms in total. The van der Waals surface area contributed by atoms with Gasteiger partial charge in [-0.1, -0.05) is 13.0 Å². The molecule has 0 saturated carbocycles. The average molecular weight is 271 g/mol. The van der Waals surface area contributed by atoms with Crippen molar-refractivity contribution in [3.8, 4) is 0 Å². The minimum Gasteiger partial charge on any atom is -0.465 e. The number of carbonyl (C=O) groups excluding carboxylic acids is 1. The molecule has 0 amide bonds. The number of hydrogen-bond acceptors (Lipinski definition) is 4. The van der Waals surface area contributed by atoms with Gasteiger partial charge in [-0.3, -0.25) is 0 Å². The van der Waals surface area contributed by atoms with Crippen LogP contribution in [0.3, 0.4) is 0 Å². The van der Waals surface area contributed by atoms with Gasteiger partial charge in [-0.2, -0.15) is 11.8 Å². The summed E-state index contributed by atoms with van der Waals surface area (Å²) in [4.78, 5) is 11.2. The van der Waals surface area contributed by atoms with E-state index < -0.39 is 11.8 Å². The van der Waals surface area contributed by atoms with E-state index in [0.29, 0.717) is 11.8 Å². The number of ether oxygens (including phenoxy) is 1. The second-order valence-electron chi connectivity index (χ2n) is 3.98. The summed E-state index contributed by atoms with van der Waals surface area (Å²) in [6.07, 6.45) is 2.05. The Kier molecular flexibility index (Phi) is 6.15. The number of esters is 1. The largest absolute Gasteiger partial charge is 0.465 e. The van der Waals surface area contributed by atoms with Crippen LogP contribution in [-0.2, 0) is 11.3 Å². The zero-order valence-electron chi connectivity index (χ0n) is 10.8. The average Bonchev–Trinajstić information content (AvgIpc) is 2.37. The number of rotatable bonds is 6. The standard InChI is InChI=1S/C13H18FNO2S/c1-9(18-3)7-15-8-10-4-5-11(12(14)6-10)13(16)17-2/h4-6,9,15H,7-8H2,1-3H3. The third-order valence-electron chi connectivity index (χ3n) is 2.60. The van der Waals surface area contributed by atoms with Gasteiger partial charge in [0.1, 0.15) is 5.82 Å². The molecule has 1 N–H and O–H groups in total. The molecule has 0 aliphatic heterocycles. The molecule has 1 rings (SSSR count). The van der Waals surface area contributed by atoms with Crippen molar-refractivity contribution in [1.82, 2.24) is 5.32 Å². The number of carbonyl (C=O) groups is 1. The van der Waals surface area contributed by atoms with Crippen LogP contribution in [0.1, 0.15) is 22.8 Å². The summed E-state index contributed by atoms with van der Waals surface area (Å²) in [6, 6.07) is 4.55. The minimum atomic E-state index is -0.650. The Bertz CT molecular complexity index is 412. The van der Waals surface area contributed by atoms with E-state index in [9.17, 15) is 9.18 Å². The molecule has 100 valence electrons. The quantitative estimate of drug-likeness (QED) is 0.807. The minimum absolute atomic E-state index is 0.0290.